The van der Waals surface area contributed by atoms with E-state index in [2.05, 4.69) is 5.32 Å². The van der Waals surface area contributed by atoms with E-state index in [9.17, 15) is 23.6 Å². The molecule has 0 saturated carbocycles. The van der Waals surface area contributed by atoms with Gasteiger partial charge in [0.2, 0.25) is 17.7 Å². The number of halogens is 1. The molecule has 0 radical (unpaired) electrons. The molecule has 9 heteroatoms. The van der Waals surface area contributed by atoms with Crippen molar-refractivity contribution >= 4 is 30.1 Å². The Bertz CT molecular complexity index is 878. The number of carbonyl (C=O) groups excluding carboxylic acids is 4. The van der Waals surface area contributed by atoms with Gasteiger partial charge in [0.15, 0.2) is 0 Å². The Morgan fingerprint density at radius 1 is 1.37 bits per heavy atom. The van der Waals surface area contributed by atoms with Gasteiger partial charge in [-0.1, -0.05) is 12.1 Å². The van der Waals surface area contributed by atoms with Crippen LogP contribution in [0.1, 0.15) is 18.9 Å². The maximum atomic E-state index is 12.9. The number of benzene rings is 1. The summed E-state index contributed by atoms with van der Waals surface area (Å²) in [5.74, 6) is -2.20. The molecule has 1 aromatic carbocycles. The van der Waals surface area contributed by atoms with Crippen LogP contribution in [0.5, 0.6) is 0 Å². The molecular weight excluding hydrogens is 391 g/mol. The van der Waals surface area contributed by atoms with Crippen LogP contribution in [0.2, 0.25) is 0 Å². The van der Waals surface area contributed by atoms with Crippen molar-refractivity contribution in [3.63, 3.8) is 0 Å². The van der Waals surface area contributed by atoms with Crippen molar-refractivity contribution in [3.8, 4) is 6.07 Å². The van der Waals surface area contributed by atoms with Crippen molar-refractivity contribution < 1.29 is 23.6 Å². The number of hydrogen-bond donors (Lipinski definition) is 1. The molecule has 1 aliphatic heterocycles. The van der Waals surface area contributed by atoms with E-state index < -0.39 is 29.8 Å². The molecule has 1 N–H and O–H groups in total. The van der Waals surface area contributed by atoms with Gasteiger partial charge >= 0.3 is 0 Å². The number of aldehydes is 1. The summed E-state index contributed by atoms with van der Waals surface area (Å²) in [6.07, 6.45) is 3.72. The minimum Gasteiger partial charge on any atom is -0.341 e. The first-order valence-electron chi connectivity index (χ1n) is 9.38. The number of likely N-dealkylation sites (tertiary alicyclic amines) is 1. The predicted molar refractivity (Wildman–Crippen MR) is 106 cm³/mol. The summed E-state index contributed by atoms with van der Waals surface area (Å²) >= 11 is 0. The van der Waals surface area contributed by atoms with Crippen molar-refractivity contribution in [1.82, 2.24) is 15.1 Å². The van der Waals surface area contributed by atoms with Crippen molar-refractivity contribution in [3.05, 3.63) is 41.7 Å². The summed E-state index contributed by atoms with van der Waals surface area (Å²) in [7, 11) is 1.42. The second-order valence-corrected chi connectivity index (χ2v) is 7.13. The second-order valence-electron chi connectivity index (χ2n) is 7.13. The van der Waals surface area contributed by atoms with E-state index in [1.165, 1.54) is 60.2 Å². The van der Waals surface area contributed by atoms with E-state index in [-0.39, 0.29) is 31.2 Å². The average Bonchev–Trinajstić information content (AvgIpc) is 3.16. The Balaban J connectivity index is 1.88. The highest BCUT2D eigenvalue weighted by molar-refractivity contribution is 5.96. The topological polar surface area (TPSA) is 111 Å². The van der Waals surface area contributed by atoms with Gasteiger partial charge in [-0.25, -0.2) is 4.39 Å². The maximum Gasteiger partial charge on any atom is 0.245 e. The van der Waals surface area contributed by atoms with Gasteiger partial charge in [-0.15, -0.1) is 0 Å². The first-order chi connectivity index (χ1) is 14.2. The molecule has 3 atom stereocenters. The lowest BCUT2D eigenvalue weighted by Crippen LogP contribution is -2.49. The first-order valence-corrected chi connectivity index (χ1v) is 9.38. The molecule has 3 amide bonds. The number of likely N-dealkylation sites (N-methyl/N-ethyl adjacent to an activating group) is 1. The van der Waals surface area contributed by atoms with Gasteiger partial charge in [0, 0.05) is 25.6 Å². The van der Waals surface area contributed by atoms with Gasteiger partial charge in [0.05, 0.1) is 12.6 Å². The minimum atomic E-state index is -0.888. The summed E-state index contributed by atoms with van der Waals surface area (Å²) < 4.78 is 12.9. The molecule has 0 aromatic heterocycles. The third-order valence-corrected chi connectivity index (χ3v) is 4.77. The molecule has 30 heavy (non-hydrogen) atoms. The van der Waals surface area contributed by atoms with Crippen LogP contribution >= 0.6 is 0 Å². The number of nitrogens with one attached hydrogen (secondary N) is 1. The molecule has 1 aromatic rings. The largest absolute Gasteiger partial charge is 0.341 e. The molecule has 1 saturated heterocycles. The van der Waals surface area contributed by atoms with Gasteiger partial charge in [-0.3, -0.25) is 14.4 Å². The fraction of sp³-hybridized carbons (Fsp3) is 0.381. The van der Waals surface area contributed by atoms with Crippen molar-refractivity contribution in [1.29, 1.82) is 5.26 Å². The number of nitriles is 1. The third-order valence-electron chi connectivity index (χ3n) is 4.77. The van der Waals surface area contributed by atoms with Crippen LogP contribution < -0.4 is 5.32 Å². The Morgan fingerprint density at radius 3 is 2.63 bits per heavy atom. The fourth-order valence-corrected chi connectivity index (χ4v) is 3.14. The van der Waals surface area contributed by atoms with E-state index in [0.29, 0.717) is 5.56 Å². The lowest BCUT2D eigenvalue weighted by molar-refractivity contribution is -0.141. The summed E-state index contributed by atoms with van der Waals surface area (Å²) in [4.78, 5) is 50.4. The first kappa shape index (κ1) is 22.7. The van der Waals surface area contributed by atoms with Crippen LogP contribution in [0.4, 0.5) is 4.39 Å². The third kappa shape index (κ3) is 5.98. The Hall–Kier alpha value is -3.54. The number of carbonyl (C=O) groups is 4. The molecule has 2 rings (SSSR count). The molecular formula is C21H23FN4O4. The van der Waals surface area contributed by atoms with Gasteiger partial charge in [0.1, 0.15) is 24.2 Å². The van der Waals surface area contributed by atoms with Crippen LogP contribution in [0.25, 0.3) is 6.08 Å². The van der Waals surface area contributed by atoms with Crippen LogP contribution in [0.3, 0.4) is 0 Å². The zero-order chi connectivity index (χ0) is 22.3. The Morgan fingerprint density at radius 2 is 2.03 bits per heavy atom. The van der Waals surface area contributed by atoms with E-state index >= 15 is 0 Å². The van der Waals surface area contributed by atoms with Gasteiger partial charge < -0.3 is 19.9 Å². The molecule has 1 fully saturated rings. The van der Waals surface area contributed by atoms with Crippen LogP contribution in [0, 0.1) is 23.1 Å². The number of rotatable bonds is 7. The zero-order valence-electron chi connectivity index (χ0n) is 16.7. The summed E-state index contributed by atoms with van der Waals surface area (Å²) in [5, 5.41) is 11.7. The maximum absolute atomic E-state index is 12.9. The fourth-order valence-electron chi connectivity index (χ4n) is 3.14. The molecule has 0 aliphatic carbocycles. The lowest BCUT2D eigenvalue weighted by Gasteiger charge is -2.25. The van der Waals surface area contributed by atoms with E-state index in [1.807, 2.05) is 6.07 Å². The second kappa shape index (κ2) is 10.3. The van der Waals surface area contributed by atoms with E-state index in [4.69, 9.17) is 5.26 Å². The summed E-state index contributed by atoms with van der Waals surface area (Å²) in [6.45, 7) is 1.38. The molecule has 158 valence electrons. The Labute approximate surface area is 173 Å². The van der Waals surface area contributed by atoms with E-state index in [1.54, 1.807) is 0 Å². The monoisotopic (exact) mass is 414 g/mol. The van der Waals surface area contributed by atoms with Crippen molar-refractivity contribution in [2.45, 2.75) is 25.4 Å². The predicted octanol–water partition coefficient (Wildman–Crippen LogP) is 0.742. The number of amides is 3. The highest BCUT2D eigenvalue weighted by Crippen LogP contribution is 2.21. The lowest BCUT2D eigenvalue weighted by atomic mass is 10.1. The number of hydrogen-bond acceptors (Lipinski definition) is 5. The van der Waals surface area contributed by atoms with Crippen LogP contribution in [-0.4, -0.2) is 66.0 Å². The van der Waals surface area contributed by atoms with Gasteiger partial charge in [0.25, 0.3) is 0 Å². The van der Waals surface area contributed by atoms with Crippen LogP contribution in [0.15, 0.2) is 30.3 Å². The standard InChI is InChI=1S/C21H23FN4O4/c1-14(24-19(28)8-5-15-3-6-17(22)7-4-15)21(30)25(2)12-20(29)26-11-16(13-27)9-18(26)10-23/h3-8,13-14,16,18H,9,11-12H2,1-2H3,(H,24,28)/b8-5+. The molecule has 8 nitrogen and oxygen atoms in total. The zero-order valence-corrected chi connectivity index (χ0v) is 16.7. The van der Waals surface area contributed by atoms with Crippen LogP contribution in [-0.2, 0) is 19.2 Å². The minimum absolute atomic E-state index is 0.156. The molecule has 3 unspecified atom stereocenters. The highest BCUT2D eigenvalue weighted by atomic mass is 19.1. The highest BCUT2D eigenvalue weighted by Gasteiger charge is 2.35. The normalized spacial score (nSPS) is 19.2. The smallest absolute Gasteiger partial charge is 0.245 e. The SMILES string of the molecule is CC(NC(=O)/C=C/c1ccc(F)cc1)C(=O)N(C)CC(=O)N1CC(C=O)CC1C#N. The number of nitrogens with zero attached hydrogens (tertiary/aromatic N) is 3. The Kier molecular flexibility index (Phi) is 7.81. The molecule has 0 spiro atoms. The summed E-state index contributed by atoms with van der Waals surface area (Å²) in [5.41, 5.74) is 0.625. The molecule has 1 heterocycles. The summed E-state index contributed by atoms with van der Waals surface area (Å²) in [6, 6.07) is 5.98. The average molecular weight is 414 g/mol. The molecule has 1 aliphatic rings. The van der Waals surface area contributed by atoms with Gasteiger partial charge in [-0.05, 0) is 37.1 Å². The molecule has 0 bridgehead atoms. The van der Waals surface area contributed by atoms with Crippen molar-refractivity contribution in [2.24, 2.45) is 5.92 Å². The van der Waals surface area contributed by atoms with E-state index in [0.717, 1.165) is 6.29 Å². The van der Waals surface area contributed by atoms with Gasteiger partial charge in [-0.2, -0.15) is 5.26 Å². The van der Waals surface area contributed by atoms with Crippen molar-refractivity contribution in [2.75, 3.05) is 20.1 Å². The quantitative estimate of drug-likeness (QED) is 0.523.